The lowest BCUT2D eigenvalue weighted by Crippen LogP contribution is -2.53. The van der Waals surface area contributed by atoms with Crippen molar-refractivity contribution in [3.05, 3.63) is 29.8 Å². The average Bonchev–Trinajstić information content (AvgIpc) is 2.67. The van der Waals surface area contributed by atoms with Gasteiger partial charge < -0.3 is 20.0 Å². The maximum atomic E-state index is 12.9. The number of guanidine groups is 1. The van der Waals surface area contributed by atoms with Crippen molar-refractivity contribution >= 4 is 41.5 Å². The predicted molar refractivity (Wildman–Crippen MR) is 120 cm³/mol. The molecule has 1 fully saturated rings. The number of nitrogens with one attached hydrogen (secondary N) is 1. The molecule has 29 heavy (non-hydrogen) atoms. The number of likely N-dealkylation sites (N-methyl/N-ethyl adjacent to an activating group) is 1. The molecule has 0 spiro atoms. The van der Waals surface area contributed by atoms with Gasteiger partial charge in [-0.05, 0) is 24.6 Å². The van der Waals surface area contributed by atoms with E-state index in [2.05, 4.69) is 10.3 Å². The van der Waals surface area contributed by atoms with E-state index in [1.807, 2.05) is 16.7 Å². The van der Waals surface area contributed by atoms with Crippen LogP contribution in [0.5, 0.6) is 0 Å². The van der Waals surface area contributed by atoms with E-state index in [1.165, 1.54) is 17.0 Å². The summed E-state index contributed by atoms with van der Waals surface area (Å²) >= 11 is 0. The summed E-state index contributed by atoms with van der Waals surface area (Å²) in [5.41, 5.74) is -0.0706. The third kappa shape index (κ3) is 7.56. The molecule has 1 aromatic carbocycles. The fraction of sp³-hybridized carbons (Fsp3) is 0.579. The van der Waals surface area contributed by atoms with Crippen molar-refractivity contribution in [2.75, 3.05) is 58.3 Å². The van der Waals surface area contributed by atoms with E-state index in [0.717, 1.165) is 19.0 Å². The molecule has 0 aliphatic carbocycles. The van der Waals surface area contributed by atoms with Gasteiger partial charge in [0.15, 0.2) is 5.96 Å². The van der Waals surface area contributed by atoms with Crippen LogP contribution in [0.1, 0.15) is 18.9 Å². The monoisotopic (exact) mass is 527 g/mol. The third-order valence-electron chi connectivity index (χ3n) is 4.51. The highest BCUT2D eigenvalue weighted by atomic mass is 127. The summed E-state index contributed by atoms with van der Waals surface area (Å²) in [5.74, 6) is 0.583. The average molecular weight is 527 g/mol. The molecular weight excluding hydrogens is 498 g/mol. The highest BCUT2D eigenvalue weighted by Gasteiger charge is 2.31. The topological polar surface area (TPSA) is 51.2 Å². The zero-order valence-corrected chi connectivity index (χ0v) is 19.3. The molecule has 0 bridgehead atoms. The van der Waals surface area contributed by atoms with Crippen LogP contribution in [0.25, 0.3) is 0 Å². The Hall–Kier alpha value is -1.72. The molecule has 1 heterocycles. The summed E-state index contributed by atoms with van der Waals surface area (Å²) in [4.78, 5) is 21.7. The van der Waals surface area contributed by atoms with Crippen molar-refractivity contribution in [1.82, 2.24) is 15.1 Å². The number of anilines is 1. The number of aliphatic imine (C=N–C) groups is 1. The number of rotatable bonds is 5. The van der Waals surface area contributed by atoms with Crippen LogP contribution in [0, 0.1) is 0 Å². The molecule has 0 radical (unpaired) electrons. The predicted octanol–water partition coefficient (Wildman–Crippen LogP) is 2.89. The van der Waals surface area contributed by atoms with Gasteiger partial charge >= 0.3 is 6.18 Å². The van der Waals surface area contributed by atoms with Crippen molar-refractivity contribution in [2.24, 2.45) is 4.99 Å². The number of piperazine rings is 1. The van der Waals surface area contributed by atoms with Gasteiger partial charge in [-0.1, -0.05) is 13.0 Å². The van der Waals surface area contributed by atoms with E-state index in [9.17, 15) is 18.0 Å². The molecule has 6 nitrogen and oxygen atoms in total. The lowest BCUT2D eigenvalue weighted by Gasteiger charge is -2.38. The smallest absolute Gasteiger partial charge is 0.368 e. The number of amides is 1. The minimum absolute atomic E-state index is 0. The van der Waals surface area contributed by atoms with E-state index in [0.29, 0.717) is 37.8 Å². The van der Waals surface area contributed by atoms with Gasteiger partial charge in [0, 0.05) is 52.5 Å². The van der Waals surface area contributed by atoms with Crippen LogP contribution in [-0.2, 0) is 11.0 Å². The van der Waals surface area contributed by atoms with Gasteiger partial charge in [0.25, 0.3) is 0 Å². The Morgan fingerprint density at radius 2 is 1.86 bits per heavy atom. The Morgan fingerprint density at radius 1 is 1.21 bits per heavy atom. The second-order valence-corrected chi connectivity index (χ2v) is 6.88. The van der Waals surface area contributed by atoms with Crippen LogP contribution in [0.2, 0.25) is 0 Å². The number of carbonyl (C=O) groups excluding carboxylic acids is 1. The number of alkyl halides is 3. The number of benzene rings is 1. The Bertz CT molecular complexity index is 689. The van der Waals surface area contributed by atoms with Crippen molar-refractivity contribution < 1.29 is 18.0 Å². The maximum absolute atomic E-state index is 12.9. The minimum atomic E-state index is -4.35. The normalized spacial score (nSPS) is 15.0. The lowest BCUT2D eigenvalue weighted by molar-refractivity contribution is -0.137. The van der Waals surface area contributed by atoms with Crippen molar-refractivity contribution in [2.45, 2.75) is 19.5 Å². The first kappa shape index (κ1) is 25.3. The number of nitrogens with zero attached hydrogens (tertiary/aromatic N) is 4. The summed E-state index contributed by atoms with van der Waals surface area (Å²) < 4.78 is 38.8. The van der Waals surface area contributed by atoms with Gasteiger partial charge in [0.1, 0.15) is 6.54 Å². The Balaban J connectivity index is 0.00000420. The van der Waals surface area contributed by atoms with Crippen LogP contribution >= 0.6 is 24.0 Å². The van der Waals surface area contributed by atoms with E-state index in [4.69, 9.17) is 0 Å². The Kier molecular flexibility index (Phi) is 10.0. The van der Waals surface area contributed by atoms with Gasteiger partial charge in [-0.15, -0.1) is 24.0 Å². The summed E-state index contributed by atoms with van der Waals surface area (Å²) in [7, 11) is 3.37. The van der Waals surface area contributed by atoms with Crippen LogP contribution in [0.15, 0.2) is 29.3 Å². The van der Waals surface area contributed by atoms with Crippen LogP contribution < -0.4 is 10.2 Å². The number of halogens is 4. The van der Waals surface area contributed by atoms with E-state index < -0.39 is 11.7 Å². The van der Waals surface area contributed by atoms with Gasteiger partial charge in [-0.2, -0.15) is 13.2 Å². The molecular formula is C19H29F3IN5O. The molecule has 1 N–H and O–H groups in total. The summed E-state index contributed by atoms with van der Waals surface area (Å²) in [6.45, 7) is 5.23. The standard InChI is InChI=1S/C19H28F3N5O.HI/c1-4-8-23-18(24-14-17(28)25(2)3)27-11-9-26(10-12-27)16-7-5-6-15(13-16)19(20,21)22;/h5-7,13H,4,8-12,14H2,1-3H3,(H,23,24);1H. The third-order valence-corrected chi connectivity index (χ3v) is 4.51. The molecule has 1 aromatic rings. The fourth-order valence-corrected chi connectivity index (χ4v) is 2.84. The molecule has 10 heteroatoms. The number of hydrogen-bond acceptors (Lipinski definition) is 3. The second-order valence-electron chi connectivity index (χ2n) is 6.88. The van der Waals surface area contributed by atoms with Gasteiger partial charge in [-0.3, -0.25) is 4.79 Å². The van der Waals surface area contributed by atoms with E-state index in [-0.39, 0.29) is 36.4 Å². The van der Waals surface area contributed by atoms with Gasteiger partial charge in [-0.25, -0.2) is 4.99 Å². The molecule has 0 aromatic heterocycles. The molecule has 1 aliphatic rings. The Morgan fingerprint density at radius 3 is 2.41 bits per heavy atom. The van der Waals surface area contributed by atoms with Gasteiger partial charge in [0.05, 0.1) is 5.56 Å². The fourth-order valence-electron chi connectivity index (χ4n) is 2.84. The Labute approximate surface area is 187 Å². The first-order chi connectivity index (χ1) is 13.2. The zero-order valence-electron chi connectivity index (χ0n) is 17.0. The van der Waals surface area contributed by atoms with Crippen LogP contribution in [0.4, 0.5) is 18.9 Å². The summed E-state index contributed by atoms with van der Waals surface area (Å²) in [6, 6.07) is 5.41. The quantitative estimate of drug-likeness (QED) is 0.364. The summed E-state index contributed by atoms with van der Waals surface area (Å²) in [6.07, 6.45) is -3.43. The highest BCUT2D eigenvalue weighted by Crippen LogP contribution is 2.31. The van der Waals surface area contributed by atoms with Crippen molar-refractivity contribution in [3.63, 3.8) is 0 Å². The van der Waals surface area contributed by atoms with Crippen molar-refractivity contribution in [1.29, 1.82) is 0 Å². The minimum Gasteiger partial charge on any atom is -0.368 e. The van der Waals surface area contributed by atoms with E-state index in [1.54, 1.807) is 20.2 Å². The molecule has 0 atom stereocenters. The zero-order chi connectivity index (χ0) is 20.7. The molecule has 1 saturated heterocycles. The maximum Gasteiger partial charge on any atom is 0.416 e. The molecule has 1 aliphatic heterocycles. The number of hydrogen-bond donors (Lipinski definition) is 1. The molecule has 0 unspecified atom stereocenters. The first-order valence-corrected chi connectivity index (χ1v) is 9.38. The SMILES string of the molecule is CCCNC(=NCC(=O)N(C)C)N1CCN(c2cccc(C(F)(F)F)c2)CC1.I. The lowest BCUT2D eigenvalue weighted by atomic mass is 10.1. The molecule has 2 rings (SSSR count). The molecule has 164 valence electrons. The first-order valence-electron chi connectivity index (χ1n) is 9.38. The van der Waals surface area contributed by atoms with Crippen LogP contribution in [0.3, 0.4) is 0 Å². The largest absolute Gasteiger partial charge is 0.416 e. The second kappa shape index (κ2) is 11.5. The highest BCUT2D eigenvalue weighted by molar-refractivity contribution is 14.0. The van der Waals surface area contributed by atoms with Gasteiger partial charge in [0.2, 0.25) is 5.91 Å². The van der Waals surface area contributed by atoms with E-state index >= 15 is 0 Å². The summed E-state index contributed by atoms with van der Waals surface area (Å²) in [5, 5.41) is 3.25. The molecule has 0 saturated carbocycles. The number of carbonyl (C=O) groups is 1. The van der Waals surface area contributed by atoms with Crippen molar-refractivity contribution in [3.8, 4) is 0 Å². The molecule has 1 amide bonds. The van der Waals surface area contributed by atoms with Crippen LogP contribution in [-0.4, -0.2) is 75.0 Å².